The third-order valence-corrected chi connectivity index (χ3v) is 1.70. The monoisotopic (exact) mass is 156 g/mol. The number of rotatable bonds is 2. The Morgan fingerprint density at radius 1 is 1.82 bits per heavy atom. The van der Waals surface area contributed by atoms with E-state index in [2.05, 4.69) is 6.58 Å². The fourth-order valence-electron chi connectivity index (χ4n) is 0.998. The van der Waals surface area contributed by atoms with Gasteiger partial charge < -0.3 is 4.74 Å². The van der Waals surface area contributed by atoms with Crippen molar-refractivity contribution in [3.8, 4) is 0 Å². The number of ether oxygens (including phenoxy) is 1. The lowest BCUT2D eigenvalue weighted by atomic mass is 10.2. The lowest BCUT2D eigenvalue weighted by molar-refractivity contribution is -0.125. The van der Waals surface area contributed by atoms with Crippen LogP contribution < -0.4 is 5.84 Å². The van der Waals surface area contributed by atoms with Gasteiger partial charge in [0.15, 0.2) is 5.78 Å². The minimum atomic E-state index is -0.332. The lowest BCUT2D eigenvalue weighted by Gasteiger charge is -2.29. The van der Waals surface area contributed by atoms with Crippen LogP contribution in [0, 0.1) is 0 Å². The molecule has 62 valence electrons. The number of nitrogens with zero attached hydrogens (tertiary/aromatic N) is 1. The molecule has 4 heteroatoms. The van der Waals surface area contributed by atoms with Crippen LogP contribution in [0.1, 0.15) is 0 Å². The summed E-state index contributed by atoms with van der Waals surface area (Å²) < 4.78 is 5.09. The van der Waals surface area contributed by atoms with Crippen LogP contribution in [0.5, 0.6) is 0 Å². The number of morpholine rings is 1. The van der Waals surface area contributed by atoms with Gasteiger partial charge in [-0.15, -0.1) is 0 Å². The molecule has 11 heavy (non-hydrogen) atoms. The quantitative estimate of drug-likeness (QED) is 0.425. The molecule has 1 saturated heterocycles. The van der Waals surface area contributed by atoms with Crippen LogP contribution >= 0.6 is 0 Å². The number of hydrazine groups is 1. The zero-order valence-electron chi connectivity index (χ0n) is 6.32. The van der Waals surface area contributed by atoms with Crippen LogP contribution in [0.3, 0.4) is 0 Å². The molecule has 1 rings (SSSR count). The van der Waals surface area contributed by atoms with E-state index in [0.717, 1.165) is 0 Å². The number of ketones is 1. The smallest absolute Gasteiger partial charge is 0.175 e. The molecule has 1 heterocycles. The van der Waals surface area contributed by atoms with Gasteiger partial charge in [0, 0.05) is 6.54 Å². The van der Waals surface area contributed by atoms with Crippen molar-refractivity contribution in [1.82, 2.24) is 5.01 Å². The Morgan fingerprint density at radius 3 is 3.09 bits per heavy atom. The second-order valence-electron chi connectivity index (χ2n) is 2.44. The van der Waals surface area contributed by atoms with Crippen LogP contribution in [0.2, 0.25) is 0 Å². The first-order valence-corrected chi connectivity index (χ1v) is 3.51. The second-order valence-corrected chi connectivity index (χ2v) is 2.44. The van der Waals surface area contributed by atoms with Crippen molar-refractivity contribution >= 4 is 5.78 Å². The minimum Gasteiger partial charge on any atom is -0.378 e. The van der Waals surface area contributed by atoms with Gasteiger partial charge in [0.1, 0.15) is 6.04 Å². The van der Waals surface area contributed by atoms with Gasteiger partial charge in [0.25, 0.3) is 0 Å². The van der Waals surface area contributed by atoms with Crippen LogP contribution in [0.4, 0.5) is 0 Å². The highest BCUT2D eigenvalue weighted by Crippen LogP contribution is 2.02. The molecule has 0 saturated carbocycles. The Bertz CT molecular complexity index is 170. The predicted molar refractivity (Wildman–Crippen MR) is 40.7 cm³/mol. The lowest BCUT2D eigenvalue weighted by Crippen LogP contribution is -2.53. The van der Waals surface area contributed by atoms with Gasteiger partial charge in [0.05, 0.1) is 13.2 Å². The van der Waals surface area contributed by atoms with Crippen LogP contribution in [0.15, 0.2) is 12.7 Å². The van der Waals surface area contributed by atoms with Crippen molar-refractivity contribution in [1.29, 1.82) is 0 Å². The fraction of sp³-hybridized carbons (Fsp3) is 0.571. The van der Waals surface area contributed by atoms with E-state index in [4.69, 9.17) is 10.6 Å². The number of hydrogen-bond donors (Lipinski definition) is 1. The van der Waals surface area contributed by atoms with Gasteiger partial charge in [-0.2, -0.15) is 0 Å². The van der Waals surface area contributed by atoms with Crippen molar-refractivity contribution in [2.45, 2.75) is 6.04 Å². The predicted octanol–water partition coefficient (Wildman–Crippen LogP) is -0.684. The molecule has 4 nitrogen and oxygen atoms in total. The van der Waals surface area contributed by atoms with E-state index in [1.54, 1.807) is 0 Å². The van der Waals surface area contributed by atoms with Crippen molar-refractivity contribution in [2.75, 3.05) is 19.8 Å². The Hall–Kier alpha value is -0.710. The highest BCUT2D eigenvalue weighted by molar-refractivity contribution is 5.93. The molecule has 0 amide bonds. The van der Waals surface area contributed by atoms with Crippen molar-refractivity contribution in [2.24, 2.45) is 5.84 Å². The van der Waals surface area contributed by atoms with Gasteiger partial charge in [-0.1, -0.05) is 6.58 Å². The van der Waals surface area contributed by atoms with E-state index in [0.29, 0.717) is 19.8 Å². The Balaban J connectivity index is 2.53. The summed E-state index contributed by atoms with van der Waals surface area (Å²) in [6.45, 7) is 4.96. The Kier molecular flexibility index (Phi) is 2.76. The molecule has 0 aromatic carbocycles. The third-order valence-electron chi connectivity index (χ3n) is 1.70. The molecule has 1 aliphatic rings. The molecule has 1 unspecified atom stereocenters. The fourth-order valence-corrected chi connectivity index (χ4v) is 0.998. The molecule has 0 bridgehead atoms. The van der Waals surface area contributed by atoms with E-state index in [1.165, 1.54) is 11.1 Å². The maximum absolute atomic E-state index is 11.1. The molecule has 1 fully saturated rings. The summed E-state index contributed by atoms with van der Waals surface area (Å²) in [4.78, 5) is 11.1. The van der Waals surface area contributed by atoms with Gasteiger partial charge >= 0.3 is 0 Å². The van der Waals surface area contributed by atoms with Gasteiger partial charge in [0.2, 0.25) is 0 Å². The SMILES string of the molecule is C=CC(=O)C1COCCN1N. The summed E-state index contributed by atoms with van der Waals surface area (Å²) >= 11 is 0. The van der Waals surface area contributed by atoms with Crippen LogP contribution in [-0.2, 0) is 9.53 Å². The number of carbonyl (C=O) groups excluding carboxylic acids is 1. The summed E-state index contributed by atoms with van der Waals surface area (Å²) in [7, 11) is 0. The molecule has 1 aliphatic heterocycles. The van der Waals surface area contributed by atoms with Crippen molar-refractivity contribution in [3.05, 3.63) is 12.7 Å². The van der Waals surface area contributed by atoms with Crippen molar-refractivity contribution in [3.63, 3.8) is 0 Å². The number of carbonyl (C=O) groups is 1. The molecule has 0 aliphatic carbocycles. The zero-order valence-corrected chi connectivity index (χ0v) is 6.32. The van der Waals surface area contributed by atoms with Gasteiger partial charge in [-0.05, 0) is 6.08 Å². The minimum absolute atomic E-state index is 0.0767. The van der Waals surface area contributed by atoms with Crippen molar-refractivity contribution < 1.29 is 9.53 Å². The molecule has 0 aromatic rings. The first-order chi connectivity index (χ1) is 5.25. The Labute approximate surface area is 65.6 Å². The van der Waals surface area contributed by atoms with Crippen LogP contribution in [-0.4, -0.2) is 36.6 Å². The van der Waals surface area contributed by atoms with E-state index < -0.39 is 0 Å². The molecular weight excluding hydrogens is 144 g/mol. The van der Waals surface area contributed by atoms with Crippen LogP contribution in [0.25, 0.3) is 0 Å². The molecule has 0 aromatic heterocycles. The number of hydrogen-bond acceptors (Lipinski definition) is 4. The standard InChI is InChI=1S/C7H12N2O2/c1-2-7(10)6-5-11-4-3-9(6)8/h2,6H,1,3-5,8H2. The summed E-state index contributed by atoms with van der Waals surface area (Å²) in [5.41, 5.74) is 0. The highest BCUT2D eigenvalue weighted by atomic mass is 16.5. The first kappa shape index (κ1) is 8.39. The average Bonchev–Trinajstić information content (AvgIpc) is 2.04. The normalized spacial score (nSPS) is 26.5. The summed E-state index contributed by atoms with van der Waals surface area (Å²) in [5, 5.41) is 1.49. The first-order valence-electron chi connectivity index (χ1n) is 3.51. The summed E-state index contributed by atoms with van der Waals surface area (Å²) in [5.74, 6) is 5.46. The van der Waals surface area contributed by atoms with Gasteiger partial charge in [-0.3, -0.25) is 10.6 Å². The topological polar surface area (TPSA) is 55.6 Å². The average molecular weight is 156 g/mol. The van der Waals surface area contributed by atoms with Gasteiger partial charge in [-0.25, -0.2) is 5.01 Å². The second kappa shape index (κ2) is 3.61. The summed E-state index contributed by atoms with van der Waals surface area (Å²) in [6, 6.07) is -0.332. The molecular formula is C7H12N2O2. The van der Waals surface area contributed by atoms with E-state index >= 15 is 0 Å². The third kappa shape index (κ3) is 1.86. The molecule has 0 spiro atoms. The van der Waals surface area contributed by atoms with E-state index in [1.807, 2.05) is 0 Å². The summed E-state index contributed by atoms with van der Waals surface area (Å²) in [6.07, 6.45) is 1.28. The van der Waals surface area contributed by atoms with E-state index in [9.17, 15) is 4.79 Å². The van der Waals surface area contributed by atoms with E-state index in [-0.39, 0.29) is 11.8 Å². The zero-order chi connectivity index (χ0) is 8.27. The number of nitrogens with two attached hydrogens (primary N) is 1. The molecule has 2 N–H and O–H groups in total. The molecule has 0 radical (unpaired) electrons. The molecule has 1 atom stereocenters. The maximum atomic E-state index is 11.1. The Morgan fingerprint density at radius 2 is 2.55 bits per heavy atom. The largest absolute Gasteiger partial charge is 0.378 e. The highest BCUT2D eigenvalue weighted by Gasteiger charge is 2.24. The maximum Gasteiger partial charge on any atom is 0.175 e.